The van der Waals surface area contributed by atoms with Gasteiger partial charge in [0, 0.05) is 36.3 Å². The molecule has 8 nitrogen and oxygen atoms in total. The third-order valence-electron chi connectivity index (χ3n) is 6.87. The smallest absolute Gasteiger partial charge is 0.274 e. The molecule has 2 amide bonds. The van der Waals surface area contributed by atoms with Crippen molar-refractivity contribution in [2.75, 3.05) is 33.4 Å². The Hall–Kier alpha value is -4.33. The van der Waals surface area contributed by atoms with Gasteiger partial charge in [0.05, 0.1) is 26.0 Å². The minimum Gasteiger partial charge on any atom is -0.494 e. The van der Waals surface area contributed by atoms with Gasteiger partial charge in [-0.05, 0) is 74.2 Å². The maximum atomic E-state index is 13.3. The molecular weight excluding hydrogens is 494 g/mol. The summed E-state index contributed by atoms with van der Waals surface area (Å²) >= 11 is 0. The van der Waals surface area contributed by atoms with E-state index in [-0.39, 0.29) is 11.8 Å². The molecule has 2 heterocycles. The Morgan fingerprint density at radius 2 is 1.87 bits per heavy atom. The van der Waals surface area contributed by atoms with Gasteiger partial charge in [-0.15, -0.1) is 0 Å². The summed E-state index contributed by atoms with van der Waals surface area (Å²) in [6.45, 7) is 4.71. The van der Waals surface area contributed by atoms with Gasteiger partial charge >= 0.3 is 0 Å². The molecule has 2 aliphatic heterocycles. The van der Waals surface area contributed by atoms with Crippen molar-refractivity contribution >= 4 is 17.5 Å². The summed E-state index contributed by atoms with van der Waals surface area (Å²) in [5.74, 6) is 1.85. The highest BCUT2D eigenvalue weighted by molar-refractivity contribution is 6.03. The van der Waals surface area contributed by atoms with E-state index in [9.17, 15) is 9.59 Å². The summed E-state index contributed by atoms with van der Waals surface area (Å²) in [4.78, 5) is 27.7. The Morgan fingerprint density at radius 3 is 2.69 bits per heavy atom. The minimum absolute atomic E-state index is 0.0726. The Balaban J connectivity index is 1.19. The Labute approximate surface area is 228 Å². The second-order valence-electron chi connectivity index (χ2n) is 9.49. The van der Waals surface area contributed by atoms with Crippen molar-refractivity contribution in [1.29, 1.82) is 0 Å². The van der Waals surface area contributed by atoms with Crippen molar-refractivity contribution in [1.82, 2.24) is 9.91 Å². The van der Waals surface area contributed by atoms with Crippen LogP contribution in [0.5, 0.6) is 17.2 Å². The molecule has 3 aromatic rings. The van der Waals surface area contributed by atoms with Gasteiger partial charge in [0.15, 0.2) is 11.5 Å². The minimum atomic E-state index is -0.170. The monoisotopic (exact) mass is 527 g/mol. The molecule has 3 aromatic carbocycles. The van der Waals surface area contributed by atoms with Crippen LogP contribution in [-0.2, 0) is 6.54 Å². The summed E-state index contributed by atoms with van der Waals surface area (Å²) in [6, 6.07) is 20.6. The van der Waals surface area contributed by atoms with Crippen molar-refractivity contribution in [3.8, 4) is 17.2 Å². The fraction of sp³-hybridized carbons (Fsp3) is 0.323. The predicted molar refractivity (Wildman–Crippen MR) is 149 cm³/mol. The highest BCUT2D eigenvalue weighted by atomic mass is 16.5. The molecule has 0 radical (unpaired) electrons. The molecule has 0 unspecified atom stereocenters. The summed E-state index contributed by atoms with van der Waals surface area (Å²) in [5, 5.41) is 6.21. The van der Waals surface area contributed by atoms with E-state index in [1.54, 1.807) is 19.2 Å². The Kier molecular flexibility index (Phi) is 8.10. The summed E-state index contributed by atoms with van der Waals surface area (Å²) in [6.07, 6.45) is 2.29. The molecule has 202 valence electrons. The first-order valence-corrected chi connectivity index (χ1v) is 13.4. The number of amides is 2. The number of carbonyl (C=O) groups is 2. The topological polar surface area (TPSA) is 80.7 Å². The molecule has 0 aromatic heterocycles. The molecule has 0 aliphatic carbocycles. The van der Waals surface area contributed by atoms with E-state index in [4.69, 9.17) is 14.2 Å². The maximum absolute atomic E-state index is 13.3. The number of nitrogens with zero attached hydrogens (tertiary/aromatic N) is 3. The molecule has 0 N–H and O–H groups in total. The number of hydrazone groups is 1. The molecule has 0 bridgehead atoms. The zero-order chi connectivity index (χ0) is 27.2. The van der Waals surface area contributed by atoms with Gasteiger partial charge in [0.2, 0.25) is 0 Å². The van der Waals surface area contributed by atoms with Crippen LogP contribution in [0.15, 0.2) is 71.8 Å². The van der Waals surface area contributed by atoms with Gasteiger partial charge in [-0.25, -0.2) is 5.01 Å². The quantitative estimate of drug-likeness (QED) is 0.340. The number of carbonyl (C=O) groups excluding carboxylic acids is 2. The zero-order valence-electron chi connectivity index (χ0n) is 22.4. The highest BCUT2D eigenvalue weighted by Crippen LogP contribution is 2.30. The normalized spacial score (nSPS) is 14.6. The standard InChI is InChI=1S/C31H33N3O5/c1-3-38-29-20-22(14-15-28(29)37-2)27-13-7-17-34(32-27)30(35)23-10-6-11-25(19-23)39-18-8-16-33-21-24-9-4-5-12-26(24)31(33)36/h4-6,9-12,14-15,19-20H,3,7-8,13,16-18,21H2,1-2H3. The number of hydrogen-bond acceptors (Lipinski definition) is 6. The van der Waals surface area contributed by atoms with Crippen molar-refractivity contribution in [2.24, 2.45) is 5.10 Å². The summed E-state index contributed by atoms with van der Waals surface area (Å²) in [7, 11) is 1.61. The Bertz CT molecular complexity index is 1390. The second kappa shape index (κ2) is 12.0. The average Bonchev–Trinajstić information content (AvgIpc) is 3.30. The van der Waals surface area contributed by atoms with Crippen molar-refractivity contribution in [2.45, 2.75) is 32.7 Å². The van der Waals surface area contributed by atoms with Crippen LogP contribution in [0.2, 0.25) is 0 Å². The van der Waals surface area contributed by atoms with Crippen molar-refractivity contribution in [3.63, 3.8) is 0 Å². The third-order valence-corrected chi connectivity index (χ3v) is 6.87. The van der Waals surface area contributed by atoms with Crippen LogP contribution in [0, 0.1) is 0 Å². The third kappa shape index (κ3) is 5.90. The fourth-order valence-electron chi connectivity index (χ4n) is 4.92. The van der Waals surface area contributed by atoms with E-state index < -0.39 is 0 Å². The molecule has 39 heavy (non-hydrogen) atoms. The number of hydrogen-bond donors (Lipinski definition) is 0. The van der Waals surface area contributed by atoms with Crippen molar-refractivity contribution < 1.29 is 23.8 Å². The predicted octanol–water partition coefficient (Wildman–Crippen LogP) is 5.16. The zero-order valence-corrected chi connectivity index (χ0v) is 22.4. The molecule has 0 atom stereocenters. The molecular formula is C31H33N3O5. The summed E-state index contributed by atoms with van der Waals surface area (Å²) < 4.78 is 17.0. The van der Waals surface area contributed by atoms with E-state index in [0.717, 1.165) is 35.2 Å². The van der Waals surface area contributed by atoms with Gasteiger partial charge < -0.3 is 19.1 Å². The van der Waals surface area contributed by atoms with E-state index >= 15 is 0 Å². The number of ether oxygens (including phenoxy) is 3. The molecule has 0 spiro atoms. The second-order valence-corrected chi connectivity index (χ2v) is 9.49. The van der Waals surface area contributed by atoms with E-state index in [2.05, 4.69) is 5.10 Å². The molecule has 0 saturated heterocycles. The number of rotatable bonds is 10. The van der Waals surface area contributed by atoms with Crippen LogP contribution in [-0.4, -0.2) is 60.8 Å². The van der Waals surface area contributed by atoms with Gasteiger partial charge in [0.1, 0.15) is 5.75 Å². The largest absolute Gasteiger partial charge is 0.494 e. The first kappa shape index (κ1) is 26.3. The van der Waals surface area contributed by atoms with Crippen molar-refractivity contribution in [3.05, 3.63) is 89.0 Å². The molecule has 2 aliphatic rings. The average molecular weight is 528 g/mol. The van der Waals surface area contributed by atoms with E-state index in [0.29, 0.717) is 62.1 Å². The molecule has 0 saturated carbocycles. The highest BCUT2D eigenvalue weighted by Gasteiger charge is 2.26. The maximum Gasteiger partial charge on any atom is 0.274 e. The van der Waals surface area contributed by atoms with Gasteiger partial charge in [-0.1, -0.05) is 24.3 Å². The van der Waals surface area contributed by atoms with E-state index in [1.165, 1.54) is 5.01 Å². The SMILES string of the molecule is CCOc1cc(C2=NN(C(=O)c3cccc(OCCCN4Cc5ccccc5C4=O)c3)CCC2)ccc1OC. The van der Waals surface area contributed by atoms with Crippen LogP contribution < -0.4 is 14.2 Å². The summed E-state index contributed by atoms with van der Waals surface area (Å²) in [5.41, 5.74) is 4.12. The lowest BCUT2D eigenvalue weighted by Crippen LogP contribution is -2.32. The van der Waals surface area contributed by atoms with Crippen LogP contribution in [0.4, 0.5) is 0 Å². The van der Waals surface area contributed by atoms with Crippen LogP contribution in [0.1, 0.15) is 58.0 Å². The lowest BCUT2D eigenvalue weighted by atomic mass is 10.0. The number of benzene rings is 3. The Morgan fingerprint density at radius 1 is 1.00 bits per heavy atom. The molecule has 0 fully saturated rings. The molecule has 5 rings (SSSR count). The van der Waals surface area contributed by atoms with Crippen LogP contribution in [0.3, 0.4) is 0 Å². The first-order chi connectivity index (χ1) is 19.1. The number of methoxy groups -OCH3 is 1. The fourth-order valence-corrected chi connectivity index (χ4v) is 4.92. The van der Waals surface area contributed by atoms with Crippen LogP contribution >= 0.6 is 0 Å². The van der Waals surface area contributed by atoms with E-state index in [1.807, 2.05) is 66.4 Å². The first-order valence-electron chi connectivity index (χ1n) is 13.4. The van der Waals surface area contributed by atoms with Gasteiger partial charge in [-0.2, -0.15) is 5.10 Å². The molecule has 8 heteroatoms. The number of fused-ring (bicyclic) bond motifs is 1. The van der Waals surface area contributed by atoms with Gasteiger partial charge in [-0.3, -0.25) is 9.59 Å². The van der Waals surface area contributed by atoms with Gasteiger partial charge in [0.25, 0.3) is 11.8 Å². The lowest BCUT2D eigenvalue weighted by molar-refractivity contribution is 0.0747. The lowest BCUT2D eigenvalue weighted by Gasteiger charge is -2.24. The van der Waals surface area contributed by atoms with Crippen LogP contribution in [0.25, 0.3) is 0 Å².